The Morgan fingerprint density at radius 3 is 2.26 bits per heavy atom. The molecule has 142 valence electrons. The van der Waals surface area contributed by atoms with Crippen LogP contribution in [0.1, 0.15) is 37.5 Å². The monoisotopic (exact) mass is 376 g/mol. The minimum Gasteiger partial charge on any atom is -0.443 e. The maximum Gasteiger partial charge on any atom is 0.417 e. The number of ether oxygens (including phenoxy) is 1. The van der Waals surface area contributed by atoms with E-state index in [2.05, 4.69) is 0 Å². The van der Waals surface area contributed by atoms with E-state index in [1.807, 2.05) is 0 Å². The first-order chi connectivity index (χ1) is 12.5. The fraction of sp³-hybridized carbons (Fsp3) is 0.300. The van der Waals surface area contributed by atoms with Crippen molar-refractivity contribution in [2.75, 3.05) is 4.90 Å². The molecule has 0 heterocycles. The molecule has 0 N–H and O–H groups in total. The molecule has 2 aromatic carbocycles. The number of anilines is 1. The number of hydrogen-bond acceptors (Lipinski definition) is 3. The van der Waals surface area contributed by atoms with E-state index in [4.69, 9.17) is 10.00 Å². The lowest BCUT2D eigenvalue weighted by molar-refractivity contribution is -0.137. The standard InChI is InChI=1S/C20H19F3N2O2/c1-19(2,3)27-18(26)25(13-14-7-5-4-6-8-14)16-10-9-15(12-24)17(11-16)20(21,22)23/h4-11H,13H2,1-3H3. The Hall–Kier alpha value is -3.01. The molecular formula is C20H19F3N2O2. The van der Waals surface area contributed by atoms with Crippen molar-refractivity contribution in [2.45, 2.75) is 39.1 Å². The van der Waals surface area contributed by atoms with E-state index in [0.717, 1.165) is 22.6 Å². The topological polar surface area (TPSA) is 53.3 Å². The molecule has 2 aromatic rings. The van der Waals surface area contributed by atoms with Crippen molar-refractivity contribution in [3.63, 3.8) is 0 Å². The number of carbonyl (C=O) groups is 1. The van der Waals surface area contributed by atoms with E-state index in [1.54, 1.807) is 51.1 Å². The van der Waals surface area contributed by atoms with Crippen LogP contribution in [0.15, 0.2) is 48.5 Å². The summed E-state index contributed by atoms with van der Waals surface area (Å²) in [6.45, 7) is 5.04. The van der Waals surface area contributed by atoms with Crippen LogP contribution < -0.4 is 4.90 Å². The van der Waals surface area contributed by atoms with E-state index < -0.39 is 29.0 Å². The minimum atomic E-state index is -4.71. The summed E-state index contributed by atoms with van der Waals surface area (Å²) in [4.78, 5) is 13.8. The highest BCUT2D eigenvalue weighted by Gasteiger charge is 2.35. The molecule has 27 heavy (non-hydrogen) atoms. The number of amides is 1. The minimum absolute atomic E-state index is 0.000530. The Morgan fingerprint density at radius 2 is 1.74 bits per heavy atom. The number of nitrogens with zero attached hydrogens (tertiary/aromatic N) is 2. The van der Waals surface area contributed by atoms with Gasteiger partial charge in [-0.15, -0.1) is 0 Å². The van der Waals surface area contributed by atoms with Crippen molar-refractivity contribution in [2.24, 2.45) is 0 Å². The fourth-order valence-corrected chi connectivity index (χ4v) is 2.38. The summed E-state index contributed by atoms with van der Waals surface area (Å²) in [5.74, 6) is 0. The lowest BCUT2D eigenvalue weighted by Gasteiger charge is -2.28. The van der Waals surface area contributed by atoms with E-state index in [9.17, 15) is 18.0 Å². The first-order valence-electron chi connectivity index (χ1n) is 8.17. The Kier molecular flexibility index (Phi) is 5.79. The molecule has 0 bridgehead atoms. The van der Waals surface area contributed by atoms with Crippen molar-refractivity contribution in [3.8, 4) is 6.07 Å². The van der Waals surface area contributed by atoms with Gasteiger partial charge in [0.2, 0.25) is 0 Å². The average Bonchev–Trinajstić information content (AvgIpc) is 2.57. The van der Waals surface area contributed by atoms with Gasteiger partial charge in [-0.3, -0.25) is 4.90 Å². The van der Waals surface area contributed by atoms with Gasteiger partial charge in [-0.05, 0) is 44.5 Å². The predicted octanol–water partition coefficient (Wildman–Crippen LogP) is 5.52. The van der Waals surface area contributed by atoms with Gasteiger partial charge >= 0.3 is 12.3 Å². The molecule has 0 spiro atoms. The van der Waals surface area contributed by atoms with Crippen LogP contribution in [-0.4, -0.2) is 11.7 Å². The molecule has 0 aliphatic heterocycles. The van der Waals surface area contributed by atoms with E-state index in [1.165, 1.54) is 12.1 Å². The fourth-order valence-electron chi connectivity index (χ4n) is 2.38. The molecule has 0 aliphatic carbocycles. The highest BCUT2D eigenvalue weighted by molar-refractivity contribution is 5.88. The van der Waals surface area contributed by atoms with Crippen LogP contribution in [0.3, 0.4) is 0 Å². The number of carbonyl (C=O) groups excluding carboxylic acids is 1. The first kappa shape index (κ1) is 20.3. The zero-order chi connectivity index (χ0) is 20.2. The van der Waals surface area contributed by atoms with Crippen molar-refractivity contribution >= 4 is 11.8 Å². The van der Waals surface area contributed by atoms with Gasteiger partial charge < -0.3 is 4.74 Å². The van der Waals surface area contributed by atoms with Gasteiger partial charge in [0, 0.05) is 5.69 Å². The number of rotatable bonds is 3. The number of hydrogen-bond donors (Lipinski definition) is 0. The van der Waals surface area contributed by atoms with Gasteiger partial charge in [0.15, 0.2) is 0 Å². The van der Waals surface area contributed by atoms with Crippen molar-refractivity contribution in [1.82, 2.24) is 0 Å². The molecule has 0 fully saturated rings. The van der Waals surface area contributed by atoms with Gasteiger partial charge in [0.1, 0.15) is 5.60 Å². The molecule has 2 rings (SSSR count). The van der Waals surface area contributed by atoms with Crippen LogP contribution in [0, 0.1) is 11.3 Å². The maximum atomic E-state index is 13.3. The quantitative estimate of drug-likeness (QED) is 0.709. The van der Waals surface area contributed by atoms with Crippen LogP contribution in [0.5, 0.6) is 0 Å². The van der Waals surface area contributed by atoms with Crippen molar-refractivity contribution in [1.29, 1.82) is 5.26 Å². The van der Waals surface area contributed by atoms with Crippen molar-refractivity contribution < 1.29 is 22.7 Å². The zero-order valence-corrected chi connectivity index (χ0v) is 15.2. The molecule has 4 nitrogen and oxygen atoms in total. The summed E-state index contributed by atoms with van der Waals surface area (Å²) in [6.07, 6.45) is -5.49. The second-order valence-electron chi connectivity index (χ2n) is 6.89. The average molecular weight is 376 g/mol. The predicted molar refractivity (Wildman–Crippen MR) is 95.0 cm³/mol. The molecule has 0 aromatic heterocycles. The Bertz CT molecular complexity index is 850. The number of alkyl halides is 3. The van der Waals surface area contributed by atoms with E-state index in [-0.39, 0.29) is 12.2 Å². The third-order valence-corrected chi connectivity index (χ3v) is 3.54. The van der Waals surface area contributed by atoms with Crippen LogP contribution in [0.4, 0.5) is 23.7 Å². The van der Waals surface area contributed by atoms with Gasteiger partial charge in [-0.2, -0.15) is 18.4 Å². The third-order valence-electron chi connectivity index (χ3n) is 3.54. The second-order valence-corrected chi connectivity index (χ2v) is 6.89. The lowest BCUT2D eigenvalue weighted by atomic mass is 10.1. The molecule has 0 atom stereocenters. The number of nitriles is 1. The van der Waals surface area contributed by atoms with Crippen LogP contribution in [-0.2, 0) is 17.5 Å². The Labute approximate surface area is 155 Å². The summed E-state index contributed by atoms with van der Waals surface area (Å²) < 4.78 is 45.2. The summed E-state index contributed by atoms with van der Waals surface area (Å²) >= 11 is 0. The van der Waals surface area contributed by atoms with Crippen molar-refractivity contribution in [3.05, 3.63) is 65.2 Å². The second kappa shape index (κ2) is 7.70. The normalized spacial score (nSPS) is 11.6. The Morgan fingerprint density at radius 1 is 1.11 bits per heavy atom. The summed E-state index contributed by atoms with van der Waals surface area (Å²) in [7, 11) is 0. The van der Waals surface area contributed by atoms with E-state index in [0.29, 0.717) is 0 Å². The maximum absolute atomic E-state index is 13.3. The molecule has 0 aliphatic rings. The van der Waals surface area contributed by atoms with Gasteiger partial charge in [-0.1, -0.05) is 30.3 Å². The largest absolute Gasteiger partial charge is 0.443 e. The molecule has 7 heteroatoms. The molecule has 0 saturated carbocycles. The zero-order valence-electron chi connectivity index (χ0n) is 15.2. The van der Waals surface area contributed by atoms with Gasteiger partial charge in [0.25, 0.3) is 0 Å². The molecule has 0 radical (unpaired) electrons. The third kappa shape index (κ3) is 5.48. The number of halogens is 3. The summed E-state index contributed by atoms with van der Waals surface area (Å²) in [6, 6.07) is 13.5. The highest BCUT2D eigenvalue weighted by Crippen LogP contribution is 2.35. The number of benzene rings is 2. The molecule has 1 amide bonds. The molecule has 0 unspecified atom stereocenters. The SMILES string of the molecule is CC(C)(C)OC(=O)N(Cc1ccccc1)c1ccc(C#N)c(C(F)(F)F)c1. The lowest BCUT2D eigenvalue weighted by Crippen LogP contribution is -2.36. The van der Waals surface area contributed by atoms with Gasteiger partial charge in [0.05, 0.1) is 23.7 Å². The highest BCUT2D eigenvalue weighted by atomic mass is 19.4. The van der Waals surface area contributed by atoms with Crippen LogP contribution >= 0.6 is 0 Å². The summed E-state index contributed by atoms with van der Waals surface area (Å²) in [5, 5.41) is 8.95. The molecule has 0 saturated heterocycles. The Balaban J connectivity index is 2.50. The van der Waals surface area contributed by atoms with E-state index >= 15 is 0 Å². The first-order valence-corrected chi connectivity index (χ1v) is 8.17. The smallest absolute Gasteiger partial charge is 0.417 e. The summed E-state index contributed by atoms with van der Waals surface area (Å²) in [5.41, 5.74) is -1.69. The molecular weight excluding hydrogens is 357 g/mol. The van der Waals surface area contributed by atoms with Crippen LogP contribution in [0.2, 0.25) is 0 Å². The van der Waals surface area contributed by atoms with Gasteiger partial charge in [-0.25, -0.2) is 4.79 Å². The van der Waals surface area contributed by atoms with Crippen LogP contribution in [0.25, 0.3) is 0 Å².